The van der Waals surface area contributed by atoms with Crippen LogP contribution in [0.4, 0.5) is 0 Å². The molecule has 0 atom stereocenters. The first-order chi connectivity index (χ1) is 13.6. The smallest absolute Gasteiger partial charge is 0.333 e. The largest absolute Gasteiger partial charge is 0.508 e. The molecule has 3 rings (SSSR count). The van der Waals surface area contributed by atoms with Crippen molar-refractivity contribution in [2.45, 2.75) is 46.5 Å². The van der Waals surface area contributed by atoms with Crippen molar-refractivity contribution >= 4 is 17.0 Å². The highest BCUT2D eigenvalue weighted by Gasteiger charge is 2.20. The van der Waals surface area contributed by atoms with E-state index in [1.807, 2.05) is 31.2 Å². The number of fused-ring (bicyclic) bond motifs is 1. The van der Waals surface area contributed by atoms with E-state index >= 15 is 0 Å². The molecule has 0 fully saturated rings. The van der Waals surface area contributed by atoms with E-state index in [4.69, 9.17) is 4.74 Å². The monoisotopic (exact) mass is 393 g/mol. The minimum atomic E-state index is -0.383. The van der Waals surface area contributed by atoms with Crippen LogP contribution in [-0.2, 0) is 21.4 Å². The van der Waals surface area contributed by atoms with Gasteiger partial charge in [-0.05, 0) is 54.2 Å². The van der Waals surface area contributed by atoms with Crippen molar-refractivity contribution in [2.24, 2.45) is 0 Å². The van der Waals surface area contributed by atoms with E-state index in [1.165, 1.54) is 0 Å². The first kappa shape index (κ1) is 20.6. The molecule has 152 valence electrons. The lowest BCUT2D eigenvalue weighted by atomic mass is 9.85. The molecule has 6 nitrogen and oxygen atoms in total. The molecule has 0 bridgehead atoms. The predicted octanol–water partition coefficient (Wildman–Crippen LogP) is 4.39. The summed E-state index contributed by atoms with van der Waals surface area (Å²) in [6.07, 6.45) is 0.585. The van der Waals surface area contributed by atoms with Crippen LogP contribution in [0.2, 0.25) is 0 Å². The number of nitrogens with zero attached hydrogens (tertiary/aromatic N) is 3. The molecule has 1 aromatic heterocycles. The number of hydrogen-bond acceptors (Lipinski definition) is 5. The Labute approximate surface area is 170 Å². The molecular weight excluding hydrogens is 366 g/mol. The number of ether oxygens (including phenoxy) is 1. The van der Waals surface area contributed by atoms with Crippen LogP contribution < -0.4 is 0 Å². The molecule has 0 aliphatic rings. The standard InChI is InChI=1S/C23H27N3O3/c1-14(2)22(28)29-10-9-16-7-8-18-19(12-16)25-26(24-18)20-13-21(27)17(11-15(20)3)23(4,5)6/h7-8,11-13,27H,1,9-10H2,2-6H3. The van der Waals surface area contributed by atoms with Crippen LogP contribution in [0.3, 0.4) is 0 Å². The van der Waals surface area contributed by atoms with Gasteiger partial charge in [-0.3, -0.25) is 0 Å². The molecule has 0 unspecified atom stereocenters. The van der Waals surface area contributed by atoms with Crippen LogP contribution >= 0.6 is 0 Å². The summed E-state index contributed by atoms with van der Waals surface area (Å²) in [4.78, 5) is 13.0. The molecular formula is C23H27N3O3. The van der Waals surface area contributed by atoms with Crippen molar-refractivity contribution in [3.8, 4) is 11.4 Å². The van der Waals surface area contributed by atoms with Gasteiger partial charge in [0.2, 0.25) is 0 Å². The van der Waals surface area contributed by atoms with Gasteiger partial charge in [-0.2, -0.15) is 4.80 Å². The molecule has 0 radical (unpaired) electrons. The first-order valence-corrected chi connectivity index (χ1v) is 9.59. The Hall–Kier alpha value is -3.15. The van der Waals surface area contributed by atoms with Crippen LogP contribution in [0.1, 0.15) is 44.4 Å². The third kappa shape index (κ3) is 4.47. The zero-order valence-electron chi connectivity index (χ0n) is 17.6. The van der Waals surface area contributed by atoms with Crippen LogP contribution in [0.15, 0.2) is 42.5 Å². The Morgan fingerprint density at radius 3 is 2.52 bits per heavy atom. The van der Waals surface area contributed by atoms with Crippen LogP contribution in [0.5, 0.6) is 5.75 Å². The number of phenolic OH excluding ortho intramolecular Hbond substituents is 1. The van der Waals surface area contributed by atoms with Gasteiger partial charge >= 0.3 is 5.97 Å². The molecule has 1 heterocycles. The van der Waals surface area contributed by atoms with E-state index in [1.54, 1.807) is 17.8 Å². The molecule has 29 heavy (non-hydrogen) atoms. The number of carbonyl (C=O) groups is 1. The summed E-state index contributed by atoms with van der Waals surface area (Å²) < 4.78 is 5.15. The fourth-order valence-corrected chi connectivity index (χ4v) is 3.11. The van der Waals surface area contributed by atoms with Crippen molar-refractivity contribution in [1.29, 1.82) is 0 Å². The highest BCUT2D eigenvalue weighted by molar-refractivity contribution is 5.86. The Morgan fingerprint density at radius 1 is 1.17 bits per heavy atom. The number of phenols is 1. The van der Waals surface area contributed by atoms with Crippen molar-refractivity contribution < 1.29 is 14.6 Å². The SMILES string of the molecule is C=C(C)C(=O)OCCc1ccc2nn(-c3cc(O)c(C(C)(C)C)cc3C)nc2c1. The molecule has 0 aliphatic heterocycles. The van der Waals surface area contributed by atoms with Gasteiger partial charge in [0.25, 0.3) is 0 Å². The second-order valence-electron chi connectivity index (χ2n) is 8.38. The molecule has 0 aliphatic carbocycles. The first-order valence-electron chi connectivity index (χ1n) is 9.59. The average molecular weight is 393 g/mol. The lowest BCUT2D eigenvalue weighted by Crippen LogP contribution is -2.13. The zero-order valence-corrected chi connectivity index (χ0v) is 17.6. The number of esters is 1. The number of benzene rings is 2. The van der Waals surface area contributed by atoms with Crippen molar-refractivity contribution in [2.75, 3.05) is 6.61 Å². The van der Waals surface area contributed by atoms with E-state index in [2.05, 4.69) is 37.5 Å². The molecule has 2 aromatic carbocycles. The molecule has 0 saturated heterocycles. The number of aryl methyl sites for hydroxylation is 1. The van der Waals surface area contributed by atoms with Gasteiger partial charge < -0.3 is 9.84 Å². The summed E-state index contributed by atoms with van der Waals surface area (Å²) in [5, 5.41) is 19.6. The summed E-state index contributed by atoms with van der Waals surface area (Å²) in [5.41, 5.74) is 5.35. The minimum absolute atomic E-state index is 0.155. The molecule has 3 aromatic rings. The van der Waals surface area contributed by atoms with Gasteiger partial charge in [-0.15, -0.1) is 10.2 Å². The maximum Gasteiger partial charge on any atom is 0.333 e. The second-order valence-corrected chi connectivity index (χ2v) is 8.38. The zero-order chi connectivity index (χ0) is 21.3. The van der Waals surface area contributed by atoms with Crippen molar-refractivity contribution in [3.05, 3.63) is 59.2 Å². The Morgan fingerprint density at radius 2 is 1.86 bits per heavy atom. The number of hydrogen-bond donors (Lipinski definition) is 1. The Balaban J connectivity index is 1.86. The van der Waals surface area contributed by atoms with E-state index in [0.717, 1.165) is 33.4 Å². The second kappa shape index (κ2) is 7.70. The summed E-state index contributed by atoms with van der Waals surface area (Å²) in [7, 11) is 0. The summed E-state index contributed by atoms with van der Waals surface area (Å²) in [5.74, 6) is -0.148. The van der Waals surface area contributed by atoms with Gasteiger partial charge in [-0.1, -0.05) is 33.4 Å². The van der Waals surface area contributed by atoms with E-state index < -0.39 is 0 Å². The van der Waals surface area contributed by atoms with Gasteiger partial charge in [0, 0.05) is 18.1 Å². The van der Waals surface area contributed by atoms with Crippen LogP contribution in [0.25, 0.3) is 16.7 Å². The van der Waals surface area contributed by atoms with Gasteiger partial charge in [0.05, 0.1) is 12.3 Å². The highest BCUT2D eigenvalue weighted by atomic mass is 16.5. The lowest BCUT2D eigenvalue weighted by molar-refractivity contribution is -0.138. The van der Waals surface area contributed by atoms with E-state index in [0.29, 0.717) is 12.0 Å². The van der Waals surface area contributed by atoms with Crippen molar-refractivity contribution in [3.63, 3.8) is 0 Å². The van der Waals surface area contributed by atoms with Gasteiger partial charge in [0.1, 0.15) is 16.8 Å². The fraction of sp³-hybridized carbons (Fsp3) is 0.348. The molecule has 0 saturated carbocycles. The van der Waals surface area contributed by atoms with E-state index in [9.17, 15) is 9.90 Å². The van der Waals surface area contributed by atoms with Crippen LogP contribution in [-0.4, -0.2) is 32.7 Å². The topological polar surface area (TPSA) is 77.2 Å². The summed E-state index contributed by atoms with van der Waals surface area (Å²) in [6.45, 7) is 13.7. The fourth-order valence-electron chi connectivity index (χ4n) is 3.11. The average Bonchev–Trinajstić information content (AvgIpc) is 3.05. The number of aromatic hydroxyl groups is 1. The highest BCUT2D eigenvalue weighted by Crippen LogP contribution is 2.34. The number of carbonyl (C=O) groups excluding carboxylic acids is 1. The quantitative estimate of drug-likeness (QED) is 0.514. The predicted molar refractivity (Wildman–Crippen MR) is 113 cm³/mol. The Bertz CT molecular complexity index is 1090. The molecule has 0 spiro atoms. The van der Waals surface area contributed by atoms with Gasteiger partial charge in [-0.25, -0.2) is 4.79 Å². The third-order valence-corrected chi connectivity index (χ3v) is 4.75. The summed E-state index contributed by atoms with van der Waals surface area (Å²) in [6, 6.07) is 9.48. The van der Waals surface area contributed by atoms with Gasteiger partial charge in [0.15, 0.2) is 0 Å². The maximum absolute atomic E-state index is 11.5. The van der Waals surface area contributed by atoms with E-state index in [-0.39, 0.29) is 23.7 Å². The summed E-state index contributed by atoms with van der Waals surface area (Å²) >= 11 is 0. The number of rotatable bonds is 5. The minimum Gasteiger partial charge on any atom is -0.508 e. The molecule has 0 amide bonds. The normalized spacial score (nSPS) is 11.6. The number of aromatic nitrogens is 3. The third-order valence-electron chi connectivity index (χ3n) is 4.75. The Kier molecular flexibility index (Phi) is 5.46. The van der Waals surface area contributed by atoms with Crippen LogP contribution in [0, 0.1) is 6.92 Å². The molecule has 1 N–H and O–H groups in total. The maximum atomic E-state index is 11.5. The lowest BCUT2D eigenvalue weighted by Gasteiger charge is -2.22. The molecule has 6 heteroatoms. The van der Waals surface area contributed by atoms with Crippen molar-refractivity contribution in [1.82, 2.24) is 15.0 Å².